The van der Waals surface area contributed by atoms with Gasteiger partial charge < -0.3 is 4.90 Å². The number of rotatable bonds is 4. The van der Waals surface area contributed by atoms with Crippen molar-refractivity contribution in [1.29, 1.82) is 0 Å². The van der Waals surface area contributed by atoms with Crippen LogP contribution in [0.3, 0.4) is 0 Å². The van der Waals surface area contributed by atoms with Crippen molar-refractivity contribution >= 4 is 27.5 Å². The lowest BCUT2D eigenvalue weighted by molar-refractivity contribution is -0.120. The summed E-state index contributed by atoms with van der Waals surface area (Å²) in [6, 6.07) is 16.1. The van der Waals surface area contributed by atoms with Crippen LogP contribution in [0.25, 0.3) is 0 Å². The molecule has 1 N–H and O–H groups in total. The van der Waals surface area contributed by atoms with Gasteiger partial charge in [0.25, 0.3) is 0 Å². The first-order valence-corrected chi connectivity index (χ1v) is 8.77. The zero-order valence-electron chi connectivity index (χ0n) is 13.4. The van der Waals surface area contributed by atoms with E-state index in [1.54, 1.807) is 0 Å². The van der Waals surface area contributed by atoms with Crippen LogP contribution in [0.4, 0.5) is 5.69 Å². The fourth-order valence-corrected chi connectivity index (χ4v) is 3.79. The first-order chi connectivity index (χ1) is 11.1. The van der Waals surface area contributed by atoms with Gasteiger partial charge in [-0.25, -0.2) is 0 Å². The topological polar surface area (TPSA) is 32.3 Å². The number of halogens is 1. The standard InChI is InChI=1S/C19H21BrN2O/c1-13(16-8-4-5-9-17(16)20)21-14(2)19(23)22-12-11-15-7-3-6-10-18(15)22/h3-10,13-14,21H,11-12H2,1-2H3/t13-,14-/m0/s1. The number of para-hydroxylation sites is 1. The van der Waals surface area contributed by atoms with Gasteiger partial charge in [-0.15, -0.1) is 0 Å². The van der Waals surface area contributed by atoms with Crippen LogP contribution in [0.2, 0.25) is 0 Å². The minimum absolute atomic E-state index is 0.0994. The summed E-state index contributed by atoms with van der Waals surface area (Å²) in [5.41, 5.74) is 3.47. The molecule has 2 aromatic carbocycles. The summed E-state index contributed by atoms with van der Waals surface area (Å²) in [6.45, 7) is 4.80. The molecule has 3 nitrogen and oxygen atoms in total. The fourth-order valence-electron chi connectivity index (χ4n) is 3.16. The maximum absolute atomic E-state index is 12.8. The zero-order chi connectivity index (χ0) is 16.4. The monoisotopic (exact) mass is 372 g/mol. The van der Waals surface area contributed by atoms with Crippen LogP contribution in [0, 0.1) is 0 Å². The molecule has 0 radical (unpaired) electrons. The Morgan fingerprint density at radius 3 is 2.61 bits per heavy atom. The molecule has 0 fully saturated rings. The minimum atomic E-state index is -0.233. The van der Waals surface area contributed by atoms with Crippen LogP contribution >= 0.6 is 15.9 Å². The second kappa shape index (κ2) is 6.85. The smallest absolute Gasteiger partial charge is 0.243 e. The van der Waals surface area contributed by atoms with Gasteiger partial charge in [-0.3, -0.25) is 10.1 Å². The molecule has 0 unspecified atom stereocenters. The van der Waals surface area contributed by atoms with Crippen molar-refractivity contribution in [2.75, 3.05) is 11.4 Å². The first-order valence-electron chi connectivity index (χ1n) is 7.97. The number of anilines is 1. The zero-order valence-corrected chi connectivity index (χ0v) is 15.0. The van der Waals surface area contributed by atoms with Crippen molar-refractivity contribution in [1.82, 2.24) is 5.32 Å². The summed E-state index contributed by atoms with van der Waals surface area (Å²) >= 11 is 3.58. The number of amides is 1. The maximum Gasteiger partial charge on any atom is 0.243 e. The third kappa shape index (κ3) is 3.33. The number of carbonyl (C=O) groups is 1. The summed E-state index contributed by atoms with van der Waals surface area (Å²) in [6.07, 6.45) is 0.939. The van der Waals surface area contributed by atoms with Gasteiger partial charge in [-0.2, -0.15) is 0 Å². The van der Waals surface area contributed by atoms with E-state index in [9.17, 15) is 4.79 Å². The molecule has 2 aromatic rings. The van der Waals surface area contributed by atoms with Gasteiger partial charge >= 0.3 is 0 Å². The van der Waals surface area contributed by atoms with Crippen molar-refractivity contribution in [2.24, 2.45) is 0 Å². The molecule has 0 aliphatic carbocycles. The normalized spacial score (nSPS) is 16.0. The molecule has 2 atom stereocenters. The van der Waals surface area contributed by atoms with E-state index >= 15 is 0 Å². The maximum atomic E-state index is 12.8. The average Bonchev–Trinajstić information content (AvgIpc) is 2.98. The Morgan fingerprint density at radius 2 is 1.83 bits per heavy atom. The highest BCUT2D eigenvalue weighted by atomic mass is 79.9. The molecule has 0 aromatic heterocycles. The van der Waals surface area contributed by atoms with Crippen molar-refractivity contribution in [3.8, 4) is 0 Å². The van der Waals surface area contributed by atoms with Gasteiger partial charge in [0, 0.05) is 22.7 Å². The van der Waals surface area contributed by atoms with Crippen molar-refractivity contribution < 1.29 is 4.79 Å². The van der Waals surface area contributed by atoms with Crippen LogP contribution in [-0.4, -0.2) is 18.5 Å². The van der Waals surface area contributed by atoms with E-state index in [1.165, 1.54) is 5.56 Å². The predicted molar refractivity (Wildman–Crippen MR) is 97.7 cm³/mol. The summed E-state index contributed by atoms with van der Waals surface area (Å²) in [5, 5.41) is 3.42. The SMILES string of the molecule is C[C@H](N[C@@H](C)c1ccccc1Br)C(=O)N1CCc2ccccc21. The molecule has 0 saturated carbocycles. The second-order valence-electron chi connectivity index (χ2n) is 6.00. The van der Waals surface area contributed by atoms with E-state index < -0.39 is 0 Å². The van der Waals surface area contributed by atoms with Crippen molar-refractivity contribution in [2.45, 2.75) is 32.4 Å². The Hall–Kier alpha value is -1.65. The lowest BCUT2D eigenvalue weighted by Gasteiger charge is -2.25. The molecule has 4 heteroatoms. The van der Waals surface area contributed by atoms with Gasteiger partial charge in [0.2, 0.25) is 5.91 Å². The van der Waals surface area contributed by atoms with Crippen LogP contribution in [0.15, 0.2) is 53.0 Å². The Kier molecular flexibility index (Phi) is 4.83. The van der Waals surface area contributed by atoms with Crippen molar-refractivity contribution in [3.05, 3.63) is 64.1 Å². The van der Waals surface area contributed by atoms with E-state index in [4.69, 9.17) is 0 Å². The lowest BCUT2D eigenvalue weighted by atomic mass is 10.1. The number of nitrogens with one attached hydrogen (secondary N) is 1. The van der Waals surface area contributed by atoms with E-state index in [-0.39, 0.29) is 18.0 Å². The molecular weight excluding hydrogens is 352 g/mol. The quantitative estimate of drug-likeness (QED) is 0.876. The molecule has 0 spiro atoms. The number of benzene rings is 2. The van der Waals surface area contributed by atoms with E-state index in [0.29, 0.717) is 0 Å². The number of carbonyl (C=O) groups excluding carboxylic acids is 1. The number of hydrogen-bond donors (Lipinski definition) is 1. The Balaban J connectivity index is 1.70. The largest absolute Gasteiger partial charge is 0.310 e. The first kappa shape index (κ1) is 16.2. The molecule has 3 rings (SSSR count). The summed E-state index contributed by atoms with van der Waals surface area (Å²) in [4.78, 5) is 14.7. The molecule has 120 valence electrons. The number of nitrogens with zero attached hydrogens (tertiary/aromatic N) is 1. The highest BCUT2D eigenvalue weighted by Gasteiger charge is 2.28. The highest BCUT2D eigenvalue weighted by molar-refractivity contribution is 9.10. The molecule has 23 heavy (non-hydrogen) atoms. The summed E-state index contributed by atoms with van der Waals surface area (Å²) in [7, 11) is 0. The predicted octanol–water partition coefficient (Wildman–Crippen LogP) is 4.08. The van der Waals surface area contributed by atoms with Crippen LogP contribution < -0.4 is 10.2 Å². The van der Waals surface area contributed by atoms with Crippen molar-refractivity contribution in [3.63, 3.8) is 0 Å². The molecule has 1 aliphatic heterocycles. The van der Waals surface area contributed by atoms with Gasteiger partial charge in [-0.05, 0) is 43.5 Å². The average molecular weight is 373 g/mol. The Morgan fingerprint density at radius 1 is 1.13 bits per heavy atom. The molecule has 0 bridgehead atoms. The molecular formula is C19H21BrN2O. The van der Waals surface area contributed by atoms with Gasteiger partial charge in [-0.1, -0.05) is 52.3 Å². The van der Waals surface area contributed by atoms with Gasteiger partial charge in [0.05, 0.1) is 6.04 Å². The minimum Gasteiger partial charge on any atom is -0.310 e. The fraction of sp³-hybridized carbons (Fsp3) is 0.316. The lowest BCUT2D eigenvalue weighted by Crippen LogP contribution is -2.45. The third-order valence-corrected chi connectivity index (χ3v) is 5.12. The van der Waals surface area contributed by atoms with Gasteiger partial charge in [0.15, 0.2) is 0 Å². The molecule has 1 amide bonds. The molecule has 1 aliphatic rings. The highest BCUT2D eigenvalue weighted by Crippen LogP contribution is 2.28. The molecule has 0 saturated heterocycles. The van der Waals surface area contributed by atoms with Crippen LogP contribution in [0.5, 0.6) is 0 Å². The van der Waals surface area contributed by atoms with Crippen LogP contribution in [0.1, 0.15) is 31.0 Å². The Labute approximate surface area is 145 Å². The number of fused-ring (bicyclic) bond motifs is 1. The Bertz CT molecular complexity index is 716. The summed E-state index contributed by atoms with van der Waals surface area (Å²) < 4.78 is 1.06. The van der Waals surface area contributed by atoms with Gasteiger partial charge in [0.1, 0.15) is 0 Å². The number of hydrogen-bond acceptors (Lipinski definition) is 2. The van der Waals surface area contributed by atoms with Crippen LogP contribution in [-0.2, 0) is 11.2 Å². The third-order valence-electron chi connectivity index (χ3n) is 4.40. The summed E-state index contributed by atoms with van der Waals surface area (Å²) in [5.74, 6) is 0.133. The van der Waals surface area contributed by atoms with E-state index in [0.717, 1.165) is 28.7 Å². The van der Waals surface area contributed by atoms with E-state index in [1.807, 2.05) is 48.2 Å². The van der Waals surface area contributed by atoms with E-state index in [2.05, 4.69) is 40.3 Å². The molecule has 1 heterocycles. The second-order valence-corrected chi connectivity index (χ2v) is 6.85.